The molecule has 0 amide bonds. The number of nitrogens with zero attached hydrogens (tertiary/aromatic N) is 2. The molecule has 4 bridgehead atoms. The third-order valence-corrected chi connectivity index (χ3v) is 6.23. The molecule has 1 atom stereocenters. The van der Waals surface area contributed by atoms with E-state index in [1.807, 2.05) is 6.08 Å². The Balaban J connectivity index is 1.95. The first-order valence-electron chi connectivity index (χ1n) is 7.80. The van der Waals surface area contributed by atoms with E-state index in [0.29, 0.717) is 5.92 Å². The van der Waals surface area contributed by atoms with Crippen molar-refractivity contribution >= 4 is 0 Å². The van der Waals surface area contributed by atoms with Crippen molar-refractivity contribution in [2.75, 3.05) is 14.1 Å². The molecule has 0 N–H and O–H groups in total. The fourth-order valence-corrected chi connectivity index (χ4v) is 5.76. The lowest BCUT2D eigenvalue weighted by Gasteiger charge is -2.59. The fraction of sp³-hybridized carbons (Fsp3) is 0.824. The highest BCUT2D eigenvalue weighted by Crippen LogP contribution is 2.60. The van der Waals surface area contributed by atoms with E-state index < -0.39 is 0 Å². The summed E-state index contributed by atoms with van der Waals surface area (Å²) in [6.45, 7) is 3.91. The van der Waals surface area contributed by atoms with Gasteiger partial charge in [-0.15, -0.1) is 6.58 Å². The van der Waals surface area contributed by atoms with E-state index in [1.54, 1.807) is 0 Å². The van der Waals surface area contributed by atoms with Crippen molar-refractivity contribution in [2.24, 2.45) is 29.6 Å². The Hall–Kier alpha value is -0.810. The average Bonchev–Trinajstić information content (AvgIpc) is 2.35. The van der Waals surface area contributed by atoms with E-state index in [1.165, 1.54) is 32.1 Å². The van der Waals surface area contributed by atoms with Crippen molar-refractivity contribution in [3.8, 4) is 6.07 Å². The Morgan fingerprint density at radius 3 is 2.05 bits per heavy atom. The lowest BCUT2D eigenvalue weighted by molar-refractivity contribution is -0.0866. The van der Waals surface area contributed by atoms with Crippen molar-refractivity contribution in [2.45, 2.75) is 44.1 Å². The van der Waals surface area contributed by atoms with Crippen LogP contribution in [-0.4, -0.2) is 24.5 Å². The second kappa shape index (κ2) is 4.63. The fourth-order valence-electron chi connectivity index (χ4n) is 5.76. The summed E-state index contributed by atoms with van der Waals surface area (Å²) in [7, 11) is 4.16. The van der Waals surface area contributed by atoms with Gasteiger partial charge in [-0.2, -0.15) is 5.26 Å². The van der Waals surface area contributed by atoms with Crippen LogP contribution in [-0.2, 0) is 0 Å². The molecule has 0 aromatic heterocycles. The maximum absolute atomic E-state index is 9.92. The first kappa shape index (κ1) is 13.2. The van der Waals surface area contributed by atoms with Gasteiger partial charge in [-0.25, -0.2) is 0 Å². The second-order valence-electron chi connectivity index (χ2n) is 7.38. The second-order valence-corrected chi connectivity index (χ2v) is 7.38. The van der Waals surface area contributed by atoms with E-state index in [9.17, 15) is 5.26 Å². The molecule has 0 saturated heterocycles. The monoisotopic (exact) mass is 258 g/mol. The molecule has 4 fully saturated rings. The summed E-state index contributed by atoms with van der Waals surface area (Å²) >= 11 is 0. The van der Waals surface area contributed by atoms with Crippen molar-refractivity contribution in [1.29, 1.82) is 5.26 Å². The first-order valence-corrected chi connectivity index (χ1v) is 7.80. The quantitative estimate of drug-likeness (QED) is 0.722. The normalized spacial score (nSPS) is 42.9. The number of hydrogen-bond donors (Lipinski definition) is 0. The molecule has 4 saturated carbocycles. The summed E-state index contributed by atoms with van der Waals surface area (Å²) in [5, 5.41) is 9.92. The third-order valence-electron chi connectivity index (χ3n) is 6.23. The maximum Gasteiger partial charge on any atom is 0.115 e. The molecular formula is C17H26N2. The van der Waals surface area contributed by atoms with Crippen LogP contribution in [0.4, 0.5) is 0 Å². The summed E-state index contributed by atoms with van der Waals surface area (Å²) in [5.41, 5.74) is -0.315. The predicted molar refractivity (Wildman–Crippen MR) is 77.4 cm³/mol. The van der Waals surface area contributed by atoms with Crippen molar-refractivity contribution in [3.05, 3.63) is 12.7 Å². The SMILES string of the molecule is C=CCC(C#N)(C1C2CC3CC(C2)CC1C3)N(C)C. The molecule has 0 radical (unpaired) electrons. The van der Waals surface area contributed by atoms with Crippen LogP contribution in [0.25, 0.3) is 0 Å². The van der Waals surface area contributed by atoms with E-state index in [4.69, 9.17) is 0 Å². The summed E-state index contributed by atoms with van der Waals surface area (Å²) in [4.78, 5) is 2.18. The molecule has 4 rings (SSSR count). The smallest absolute Gasteiger partial charge is 0.115 e. The van der Waals surface area contributed by atoms with Gasteiger partial charge < -0.3 is 0 Å². The summed E-state index contributed by atoms with van der Waals surface area (Å²) < 4.78 is 0. The van der Waals surface area contributed by atoms with Gasteiger partial charge in [-0.1, -0.05) is 6.08 Å². The summed E-state index contributed by atoms with van der Waals surface area (Å²) in [6, 6.07) is 2.70. The van der Waals surface area contributed by atoms with Gasteiger partial charge in [0.15, 0.2) is 0 Å². The summed E-state index contributed by atoms with van der Waals surface area (Å²) in [5.74, 6) is 4.09. The Bertz CT molecular complexity index is 378. The Morgan fingerprint density at radius 2 is 1.68 bits per heavy atom. The standard InChI is InChI=1S/C17H26N2/c1-4-5-17(11-18,19(2)3)16-14-7-12-6-13(9-14)10-15(16)8-12/h4,12-16H,1,5-10H2,2-3H3. The minimum absolute atomic E-state index is 0.315. The zero-order valence-electron chi connectivity index (χ0n) is 12.3. The van der Waals surface area contributed by atoms with Crippen LogP contribution in [0, 0.1) is 40.9 Å². The molecule has 4 aliphatic rings. The van der Waals surface area contributed by atoms with Crippen LogP contribution in [0.3, 0.4) is 0 Å². The van der Waals surface area contributed by atoms with Gasteiger partial charge in [-0.3, -0.25) is 4.90 Å². The van der Waals surface area contributed by atoms with Crippen LogP contribution in [0.1, 0.15) is 38.5 Å². The van der Waals surface area contributed by atoms with Gasteiger partial charge in [0.1, 0.15) is 5.54 Å². The van der Waals surface area contributed by atoms with Crippen molar-refractivity contribution < 1.29 is 0 Å². The highest BCUT2D eigenvalue weighted by molar-refractivity contribution is 5.19. The lowest BCUT2D eigenvalue weighted by atomic mass is 9.48. The van der Waals surface area contributed by atoms with E-state index in [0.717, 1.165) is 30.1 Å². The number of rotatable bonds is 4. The Labute approximate surface area is 117 Å². The molecule has 0 heterocycles. The van der Waals surface area contributed by atoms with Gasteiger partial charge in [0.2, 0.25) is 0 Å². The zero-order chi connectivity index (χ0) is 13.6. The highest BCUT2D eigenvalue weighted by atomic mass is 15.2. The number of hydrogen-bond acceptors (Lipinski definition) is 2. The third kappa shape index (κ3) is 1.86. The van der Waals surface area contributed by atoms with E-state index in [2.05, 4.69) is 31.6 Å². The molecule has 0 aromatic rings. The zero-order valence-corrected chi connectivity index (χ0v) is 12.3. The lowest BCUT2D eigenvalue weighted by Crippen LogP contribution is -2.59. The van der Waals surface area contributed by atoms with E-state index in [-0.39, 0.29) is 5.54 Å². The molecule has 0 spiro atoms. The molecular weight excluding hydrogens is 232 g/mol. The average molecular weight is 258 g/mol. The minimum atomic E-state index is -0.315. The molecule has 19 heavy (non-hydrogen) atoms. The molecule has 4 aliphatic carbocycles. The van der Waals surface area contributed by atoms with Gasteiger partial charge in [0.25, 0.3) is 0 Å². The Kier molecular flexibility index (Phi) is 3.21. The summed E-state index contributed by atoms with van der Waals surface area (Å²) in [6.07, 6.45) is 9.76. The van der Waals surface area contributed by atoms with Gasteiger partial charge >= 0.3 is 0 Å². The largest absolute Gasteiger partial charge is 0.291 e. The van der Waals surface area contributed by atoms with Crippen molar-refractivity contribution in [3.63, 3.8) is 0 Å². The molecule has 0 aliphatic heterocycles. The predicted octanol–water partition coefficient (Wildman–Crippen LogP) is 3.46. The minimum Gasteiger partial charge on any atom is -0.291 e. The Morgan fingerprint density at radius 1 is 1.16 bits per heavy atom. The van der Waals surface area contributed by atoms with Gasteiger partial charge in [-0.05, 0) is 82.2 Å². The highest BCUT2D eigenvalue weighted by Gasteiger charge is 2.56. The molecule has 2 nitrogen and oxygen atoms in total. The van der Waals surface area contributed by atoms with Gasteiger partial charge in [0.05, 0.1) is 6.07 Å². The molecule has 1 unspecified atom stereocenters. The van der Waals surface area contributed by atoms with Crippen molar-refractivity contribution in [1.82, 2.24) is 4.90 Å². The molecule has 0 aromatic carbocycles. The van der Waals surface area contributed by atoms with E-state index >= 15 is 0 Å². The van der Waals surface area contributed by atoms with Crippen LogP contribution in [0.15, 0.2) is 12.7 Å². The van der Waals surface area contributed by atoms with Crippen LogP contribution >= 0.6 is 0 Å². The van der Waals surface area contributed by atoms with Gasteiger partial charge in [0, 0.05) is 0 Å². The van der Waals surface area contributed by atoms with Crippen LogP contribution < -0.4 is 0 Å². The van der Waals surface area contributed by atoms with Crippen LogP contribution in [0.5, 0.6) is 0 Å². The maximum atomic E-state index is 9.92. The first-order chi connectivity index (χ1) is 9.10. The number of nitriles is 1. The molecule has 104 valence electrons. The van der Waals surface area contributed by atoms with Crippen LogP contribution in [0.2, 0.25) is 0 Å². The molecule has 2 heteroatoms. The topological polar surface area (TPSA) is 27.0 Å².